The number of fused-ring (bicyclic) bond motifs is 1. The van der Waals surface area contributed by atoms with Gasteiger partial charge in [0.25, 0.3) is 21.7 Å². The van der Waals surface area contributed by atoms with Gasteiger partial charge in [0.2, 0.25) is 0 Å². The van der Waals surface area contributed by atoms with Crippen LogP contribution in [0.4, 0.5) is 20.2 Å². The van der Waals surface area contributed by atoms with E-state index in [1.165, 1.54) is 42.5 Å². The van der Waals surface area contributed by atoms with Crippen LogP contribution in [-0.2, 0) is 16.4 Å². The Morgan fingerprint density at radius 2 is 1.74 bits per heavy atom. The van der Waals surface area contributed by atoms with Crippen LogP contribution in [0.2, 0.25) is 0 Å². The molecule has 0 aromatic heterocycles. The van der Waals surface area contributed by atoms with Crippen LogP contribution >= 0.6 is 11.8 Å². The Kier molecular flexibility index (Phi) is 5.97. The van der Waals surface area contributed by atoms with Crippen molar-refractivity contribution in [1.29, 1.82) is 0 Å². The summed E-state index contributed by atoms with van der Waals surface area (Å²) in [5.41, 5.74) is 2.42. The van der Waals surface area contributed by atoms with E-state index in [1.54, 1.807) is 11.0 Å². The number of carbonyl (C=O) groups excluding carboxylic acids is 1. The normalized spacial score (nSPS) is 13.3. The molecule has 5 nitrogen and oxygen atoms in total. The van der Waals surface area contributed by atoms with Crippen molar-refractivity contribution < 1.29 is 22.0 Å². The maximum absolute atomic E-state index is 13.0. The summed E-state index contributed by atoms with van der Waals surface area (Å²) in [4.78, 5) is 14.9. The maximum atomic E-state index is 13.0. The molecule has 0 spiro atoms. The number of sulfonamides is 1. The number of benzene rings is 3. The van der Waals surface area contributed by atoms with Crippen molar-refractivity contribution in [2.24, 2.45) is 0 Å². The number of alkyl halides is 2. The zero-order valence-corrected chi connectivity index (χ0v) is 17.8. The fraction of sp³-hybridized carbons (Fsp3) is 0.136. The van der Waals surface area contributed by atoms with Gasteiger partial charge in [-0.1, -0.05) is 36.0 Å². The summed E-state index contributed by atoms with van der Waals surface area (Å²) < 4.78 is 52.9. The molecule has 0 fully saturated rings. The first kappa shape index (κ1) is 21.3. The van der Waals surface area contributed by atoms with E-state index >= 15 is 0 Å². The molecule has 0 aliphatic carbocycles. The summed E-state index contributed by atoms with van der Waals surface area (Å²) in [6.07, 6.45) is 0.751. The molecule has 0 saturated carbocycles. The smallest absolute Gasteiger partial charge is 0.288 e. The van der Waals surface area contributed by atoms with Crippen LogP contribution in [0.15, 0.2) is 82.6 Å². The fourth-order valence-electron chi connectivity index (χ4n) is 3.42. The number of para-hydroxylation sites is 1. The molecular formula is C22H18F2N2O3S2. The van der Waals surface area contributed by atoms with Crippen LogP contribution in [-0.4, -0.2) is 26.6 Å². The molecule has 4 rings (SSSR count). The Hall–Kier alpha value is -2.91. The van der Waals surface area contributed by atoms with Gasteiger partial charge in [0, 0.05) is 28.4 Å². The number of anilines is 2. The van der Waals surface area contributed by atoms with E-state index in [4.69, 9.17) is 0 Å². The average Bonchev–Trinajstić information content (AvgIpc) is 3.18. The number of amides is 1. The number of nitrogens with zero attached hydrogens (tertiary/aromatic N) is 1. The Balaban J connectivity index is 1.54. The molecule has 0 radical (unpaired) electrons. The lowest BCUT2D eigenvalue weighted by atomic mass is 10.1. The van der Waals surface area contributed by atoms with Crippen molar-refractivity contribution in [3.63, 3.8) is 0 Å². The average molecular weight is 461 g/mol. The number of nitrogens with one attached hydrogen (secondary N) is 1. The Bertz CT molecular complexity index is 1220. The van der Waals surface area contributed by atoms with Crippen LogP contribution in [0, 0.1) is 0 Å². The molecule has 31 heavy (non-hydrogen) atoms. The van der Waals surface area contributed by atoms with Crippen LogP contribution < -0.4 is 9.62 Å². The van der Waals surface area contributed by atoms with Gasteiger partial charge in [-0.3, -0.25) is 9.52 Å². The first-order valence-corrected chi connectivity index (χ1v) is 11.8. The summed E-state index contributed by atoms with van der Waals surface area (Å²) in [5, 5.41) is 0. The highest BCUT2D eigenvalue weighted by Gasteiger charge is 2.26. The van der Waals surface area contributed by atoms with Gasteiger partial charge in [0.15, 0.2) is 0 Å². The van der Waals surface area contributed by atoms with E-state index < -0.39 is 15.8 Å². The first-order valence-electron chi connectivity index (χ1n) is 9.41. The molecule has 0 bridgehead atoms. The largest absolute Gasteiger partial charge is 0.308 e. The molecule has 160 valence electrons. The van der Waals surface area contributed by atoms with E-state index in [0.717, 1.165) is 17.7 Å². The lowest BCUT2D eigenvalue weighted by Gasteiger charge is -2.18. The Labute approximate surface area is 183 Å². The highest BCUT2D eigenvalue weighted by molar-refractivity contribution is 7.99. The standard InChI is InChI=1S/C22H18F2N2O3S2/c23-22(24)30-18-10-8-17(9-11-18)25-31(28,29)19-6-3-5-16(14-19)21(27)26-13-12-15-4-1-2-7-20(15)26/h1-11,14,22,25H,12-13H2. The molecule has 1 aliphatic rings. The molecule has 1 N–H and O–H groups in total. The lowest BCUT2D eigenvalue weighted by Crippen LogP contribution is -2.29. The lowest BCUT2D eigenvalue weighted by molar-refractivity contribution is 0.0989. The topological polar surface area (TPSA) is 66.5 Å². The Morgan fingerprint density at radius 3 is 2.48 bits per heavy atom. The molecule has 1 amide bonds. The van der Waals surface area contributed by atoms with E-state index in [2.05, 4.69) is 4.72 Å². The molecule has 0 atom stereocenters. The first-order chi connectivity index (χ1) is 14.8. The quantitative estimate of drug-likeness (QED) is 0.526. The van der Waals surface area contributed by atoms with Gasteiger partial charge < -0.3 is 4.90 Å². The van der Waals surface area contributed by atoms with Gasteiger partial charge >= 0.3 is 0 Å². The van der Waals surface area contributed by atoms with Crippen molar-refractivity contribution in [2.45, 2.75) is 22.0 Å². The van der Waals surface area contributed by atoms with Gasteiger partial charge in [0.05, 0.1) is 4.90 Å². The third kappa shape index (κ3) is 4.72. The Morgan fingerprint density at radius 1 is 1.00 bits per heavy atom. The van der Waals surface area contributed by atoms with Gasteiger partial charge in [-0.2, -0.15) is 8.78 Å². The van der Waals surface area contributed by atoms with Gasteiger partial charge in [0.1, 0.15) is 0 Å². The maximum Gasteiger partial charge on any atom is 0.288 e. The predicted octanol–water partition coefficient (Wildman–Crippen LogP) is 5.01. The summed E-state index contributed by atoms with van der Waals surface area (Å²) in [6.45, 7) is 0.538. The van der Waals surface area contributed by atoms with Crippen molar-refractivity contribution >= 4 is 39.1 Å². The second-order valence-corrected chi connectivity index (χ2v) is 9.62. The van der Waals surface area contributed by atoms with Gasteiger partial charge in [-0.25, -0.2) is 8.42 Å². The molecule has 9 heteroatoms. The molecule has 3 aromatic carbocycles. The second-order valence-electron chi connectivity index (χ2n) is 6.87. The number of hydrogen-bond donors (Lipinski definition) is 1. The zero-order chi connectivity index (χ0) is 22.0. The number of thioether (sulfide) groups is 1. The summed E-state index contributed by atoms with van der Waals surface area (Å²) in [7, 11) is -3.96. The number of hydrogen-bond acceptors (Lipinski definition) is 4. The minimum Gasteiger partial charge on any atom is -0.308 e. The van der Waals surface area contributed by atoms with Gasteiger partial charge in [-0.05, 0) is 60.5 Å². The van der Waals surface area contributed by atoms with Crippen molar-refractivity contribution in [1.82, 2.24) is 0 Å². The zero-order valence-electron chi connectivity index (χ0n) is 16.2. The third-order valence-electron chi connectivity index (χ3n) is 4.86. The monoisotopic (exact) mass is 460 g/mol. The second kappa shape index (κ2) is 8.68. The van der Waals surface area contributed by atoms with E-state index in [0.29, 0.717) is 23.2 Å². The molecule has 1 aliphatic heterocycles. The molecule has 0 saturated heterocycles. The fourth-order valence-corrected chi connectivity index (χ4v) is 5.02. The minimum absolute atomic E-state index is 0.0585. The summed E-state index contributed by atoms with van der Waals surface area (Å²) in [5.74, 6) is -2.82. The number of carbonyl (C=O) groups is 1. The highest BCUT2D eigenvalue weighted by atomic mass is 32.2. The third-order valence-corrected chi connectivity index (χ3v) is 6.96. The van der Waals surface area contributed by atoms with Crippen LogP contribution in [0.1, 0.15) is 15.9 Å². The van der Waals surface area contributed by atoms with Crippen molar-refractivity contribution in [2.75, 3.05) is 16.2 Å². The molecule has 1 heterocycles. The highest BCUT2D eigenvalue weighted by Crippen LogP contribution is 2.30. The van der Waals surface area contributed by atoms with Crippen molar-refractivity contribution in [3.05, 3.63) is 83.9 Å². The van der Waals surface area contributed by atoms with Crippen molar-refractivity contribution in [3.8, 4) is 0 Å². The van der Waals surface area contributed by atoms with E-state index in [-0.39, 0.29) is 22.1 Å². The minimum atomic E-state index is -3.96. The molecule has 3 aromatic rings. The van der Waals surface area contributed by atoms with E-state index in [9.17, 15) is 22.0 Å². The van der Waals surface area contributed by atoms with Gasteiger partial charge in [-0.15, -0.1) is 0 Å². The van der Waals surface area contributed by atoms with Crippen LogP contribution in [0.3, 0.4) is 0 Å². The summed E-state index contributed by atoms with van der Waals surface area (Å²) >= 11 is 0.381. The SMILES string of the molecule is O=C(c1cccc(S(=O)(=O)Nc2ccc(SC(F)F)cc2)c1)N1CCc2ccccc21. The number of halogens is 2. The van der Waals surface area contributed by atoms with Crippen LogP contribution in [0.25, 0.3) is 0 Å². The number of rotatable bonds is 6. The summed E-state index contributed by atoms with van der Waals surface area (Å²) in [6, 6.07) is 19.1. The van der Waals surface area contributed by atoms with E-state index in [1.807, 2.05) is 24.3 Å². The predicted molar refractivity (Wildman–Crippen MR) is 117 cm³/mol. The van der Waals surface area contributed by atoms with Crippen LogP contribution in [0.5, 0.6) is 0 Å². The molecule has 0 unspecified atom stereocenters. The molecular weight excluding hydrogens is 442 g/mol.